The molecule has 8 rings (SSSR count). The van der Waals surface area contributed by atoms with Gasteiger partial charge in [0.2, 0.25) is 23.6 Å². The zero-order valence-electron chi connectivity index (χ0n) is 27.0. The molecule has 6 heteroatoms. The number of carbonyl (C=O) groups excluding carboxylic acids is 4. The molecule has 0 spiro atoms. The summed E-state index contributed by atoms with van der Waals surface area (Å²) in [5.74, 6) is 0.692. The molecular formula is C40H46N2O4. The lowest BCUT2D eigenvalue weighted by atomic mass is 9.72. The summed E-state index contributed by atoms with van der Waals surface area (Å²) in [6.45, 7) is 10.4. The van der Waals surface area contributed by atoms with Crippen LogP contribution in [0, 0.1) is 52.8 Å². The number of hydrogen-bond donors (Lipinski definition) is 0. The van der Waals surface area contributed by atoms with Gasteiger partial charge in [0.1, 0.15) is 0 Å². The van der Waals surface area contributed by atoms with E-state index in [1.165, 1.54) is 16.7 Å². The van der Waals surface area contributed by atoms with Crippen molar-refractivity contribution >= 4 is 23.6 Å². The predicted octanol–water partition coefficient (Wildman–Crippen LogP) is 6.40. The maximum atomic E-state index is 13.7. The number of fused-ring (bicyclic) bond motifs is 10. The molecule has 5 fully saturated rings. The Morgan fingerprint density at radius 2 is 1.72 bits per heavy atom. The van der Waals surface area contributed by atoms with E-state index in [-0.39, 0.29) is 82.4 Å². The molecule has 2 saturated heterocycles. The standard InChI is InChI=1S/C40H46N2O4/c1-4-6-16-40-17-15-27(22-40)33-35(40)39(46)41(36(33)43)18-7-8-24-9-11-25(12-10-24)26-13-14-29(19-26)42-37(44)32-28-20-30(23(3)5-2)31(21-28)34(32)38(42)45/h4-5,9-12,15,17,20,23,26-29,31-35H,1-2,6-8,13-14,16,18-19,21-22H2,3H3. The van der Waals surface area contributed by atoms with Gasteiger partial charge in [-0.1, -0.05) is 67.1 Å². The number of likely N-dealkylation sites (tertiary alicyclic amines) is 2. The summed E-state index contributed by atoms with van der Waals surface area (Å²) in [5, 5.41) is 0. The predicted molar refractivity (Wildman–Crippen MR) is 176 cm³/mol. The van der Waals surface area contributed by atoms with Gasteiger partial charge in [-0.15, -0.1) is 13.2 Å². The van der Waals surface area contributed by atoms with E-state index in [4.69, 9.17) is 0 Å². The van der Waals surface area contributed by atoms with Crippen molar-refractivity contribution in [3.63, 3.8) is 0 Å². The second kappa shape index (κ2) is 11.0. The van der Waals surface area contributed by atoms with Crippen molar-refractivity contribution in [3.8, 4) is 0 Å². The van der Waals surface area contributed by atoms with Crippen LogP contribution in [0.15, 0.2) is 73.4 Å². The van der Waals surface area contributed by atoms with Gasteiger partial charge in [-0.25, -0.2) is 0 Å². The molecule has 1 aromatic carbocycles. The van der Waals surface area contributed by atoms with E-state index >= 15 is 0 Å². The minimum absolute atomic E-state index is 0.00803. The molecule has 0 aromatic heterocycles. The molecule has 2 aliphatic heterocycles. The number of benzene rings is 1. The highest BCUT2D eigenvalue weighted by Gasteiger charge is 2.65. The van der Waals surface area contributed by atoms with Gasteiger partial charge in [-0.2, -0.15) is 0 Å². The quantitative estimate of drug-likeness (QED) is 0.213. The summed E-state index contributed by atoms with van der Waals surface area (Å²) in [7, 11) is 0. The van der Waals surface area contributed by atoms with Crippen molar-refractivity contribution in [3.05, 3.63) is 84.5 Å². The number of allylic oxidation sites excluding steroid dienone is 6. The lowest BCUT2D eigenvalue weighted by molar-refractivity contribution is -0.144. The van der Waals surface area contributed by atoms with Crippen LogP contribution in [0.5, 0.6) is 0 Å². The van der Waals surface area contributed by atoms with Crippen LogP contribution in [-0.2, 0) is 25.6 Å². The maximum absolute atomic E-state index is 13.7. The number of carbonyl (C=O) groups is 4. The first kappa shape index (κ1) is 29.8. The highest BCUT2D eigenvalue weighted by molar-refractivity contribution is 6.07. The van der Waals surface area contributed by atoms with E-state index in [2.05, 4.69) is 62.6 Å². The van der Waals surface area contributed by atoms with Crippen LogP contribution < -0.4 is 0 Å². The Labute approximate surface area is 272 Å². The van der Waals surface area contributed by atoms with E-state index in [0.29, 0.717) is 12.5 Å². The van der Waals surface area contributed by atoms with E-state index in [0.717, 1.165) is 57.8 Å². The molecule has 0 N–H and O–H groups in total. The zero-order chi connectivity index (χ0) is 31.9. The molecule has 4 amide bonds. The third-order valence-electron chi connectivity index (χ3n) is 13.3. The van der Waals surface area contributed by atoms with Crippen LogP contribution in [0.4, 0.5) is 0 Å². The molecule has 11 atom stereocenters. The molecule has 5 aliphatic carbocycles. The Morgan fingerprint density at radius 1 is 0.935 bits per heavy atom. The highest BCUT2D eigenvalue weighted by Crippen LogP contribution is 2.62. The average Bonchev–Trinajstić information content (AvgIpc) is 3.92. The SMILES string of the molecule is C=CCCC12C=CC(C1)C1C(=O)N(CCCc3ccc(C4CCC(N5C(=O)C6C7C=C(C(C)C=C)C(C7)C6C5=O)C4)cc3)C(=O)C12. The Hall–Kier alpha value is -3.54. The monoisotopic (exact) mass is 618 g/mol. The molecule has 6 nitrogen and oxygen atoms in total. The number of aryl methyl sites for hydroxylation is 1. The third-order valence-corrected chi connectivity index (χ3v) is 13.3. The Bertz CT molecular complexity index is 1570. The normalized spacial score (nSPS) is 39.1. The fourth-order valence-corrected chi connectivity index (χ4v) is 11.0. The Kier molecular flexibility index (Phi) is 7.15. The second-order valence-electron chi connectivity index (χ2n) is 15.4. The molecule has 3 saturated carbocycles. The fourth-order valence-electron chi connectivity index (χ4n) is 11.0. The summed E-state index contributed by atoms with van der Waals surface area (Å²) in [6.07, 6.45) is 18.4. The smallest absolute Gasteiger partial charge is 0.233 e. The highest BCUT2D eigenvalue weighted by atomic mass is 16.2. The van der Waals surface area contributed by atoms with E-state index in [1.807, 2.05) is 12.2 Å². The van der Waals surface area contributed by atoms with Crippen molar-refractivity contribution in [1.82, 2.24) is 9.80 Å². The number of amides is 4. The minimum atomic E-state index is -0.194. The Balaban J connectivity index is 0.857. The lowest BCUT2D eigenvalue weighted by Gasteiger charge is -2.30. The van der Waals surface area contributed by atoms with Gasteiger partial charge in [-0.3, -0.25) is 29.0 Å². The van der Waals surface area contributed by atoms with Gasteiger partial charge in [-0.05, 0) is 98.5 Å². The van der Waals surface area contributed by atoms with Crippen LogP contribution >= 0.6 is 0 Å². The molecule has 46 heavy (non-hydrogen) atoms. The molecular weight excluding hydrogens is 572 g/mol. The second-order valence-corrected chi connectivity index (χ2v) is 15.4. The molecule has 240 valence electrons. The third kappa shape index (κ3) is 4.27. The summed E-state index contributed by atoms with van der Waals surface area (Å²) in [5.41, 5.74) is 3.61. The van der Waals surface area contributed by atoms with Gasteiger partial charge < -0.3 is 0 Å². The van der Waals surface area contributed by atoms with Crippen molar-refractivity contribution in [2.75, 3.05) is 6.54 Å². The van der Waals surface area contributed by atoms with Gasteiger partial charge in [0.05, 0.1) is 23.7 Å². The van der Waals surface area contributed by atoms with Gasteiger partial charge in [0.25, 0.3) is 0 Å². The molecule has 2 heterocycles. The minimum Gasteiger partial charge on any atom is -0.282 e. The van der Waals surface area contributed by atoms with Gasteiger partial charge in [0, 0.05) is 18.0 Å². The molecule has 0 radical (unpaired) electrons. The topological polar surface area (TPSA) is 74.8 Å². The molecule has 4 bridgehead atoms. The number of imide groups is 2. The van der Waals surface area contributed by atoms with Crippen LogP contribution in [0.3, 0.4) is 0 Å². The number of hydrogen-bond acceptors (Lipinski definition) is 4. The van der Waals surface area contributed by atoms with E-state index < -0.39 is 0 Å². The summed E-state index contributed by atoms with van der Waals surface area (Å²) in [6, 6.07) is 8.72. The van der Waals surface area contributed by atoms with Crippen LogP contribution in [-0.4, -0.2) is 46.0 Å². The van der Waals surface area contributed by atoms with E-state index in [1.54, 1.807) is 9.80 Å². The molecule has 1 aromatic rings. The van der Waals surface area contributed by atoms with Crippen LogP contribution in [0.1, 0.15) is 75.3 Å². The van der Waals surface area contributed by atoms with Crippen LogP contribution in [0.25, 0.3) is 0 Å². The van der Waals surface area contributed by atoms with Crippen molar-refractivity contribution in [2.24, 2.45) is 52.8 Å². The van der Waals surface area contributed by atoms with Crippen molar-refractivity contribution in [1.29, 1.82) is 0 Å². The Morgan fingerprint density at radius 3 is 2.48 bits per heavy atom. The largest absolute Gasteiger partial charge is 0.282 e. The fraction of sp³-hybridized carbons (Fsp3) is 0.550. The average molecular weight is 619 g/mol. The first-order valence-electron chi connectivity index (χ1n) is 17.7. The maximum Gasteiger partial charge on any atom is 0.233 e. The number of nitrogens with zero attached hydrogens (tertiary/aromatic N) is 2. The van der Waals surface area contributed by atoms with Gasteiger partial charge >= 0.3 is 0 Å². The summed E-state index contributed by atoms with van der Waals surface area (Å²) in [4.78, 5) is 57.4. The molecule has 7 aliphatic rings. The molecule has 11 unspecified atom stereocenters. The van der Waals surface area contributed by atoms with Crippen molar-refractivity contribution < 1.29 is 19.2 Å². The first-order valence-corrected chi connectivity index (χ1v) is 17.7. The first-order chi connectivity index (χ1) is 22.3. The van der Waals surface area contributed by atoms with Crippen molar-refractivity contribution in [2.45, 2.75) is 76.7 Å². The summed E-state index contributed by atoms with van der Waals surface area (Å²) < 4.78 is 0. The van der Waals surface area contributed by atoms with E-state index in [9.17, 15) is 19.2 Å². The number of rotatable bonds is 11. The zero-order valence-corrected chi connectivity index (χ0v) is 27.0. The lowest BCUT2D eigenvalue weighted by Crippen LogP contribution is -2.40. The van der Waals surface area contributed by atoms with Gasteiger partial charge in [0.15, 0.2) is 0 Å². The summed E-state index contributed by atoms with van der Waals surface area (Å²) >= 11 is 0. The van der Waals surface area contributed by atoms with Crippen LogP contribution in [0.2, 0.25) is 0 Å².